The number of hydrogen-bond donors (Lipinski definition) is 2. The van der Waals surface area contributed by atoms with Crippen LogP contribution in [0.25, 0.3) is 0 Å². The molecular formula is C22H30FN5O. The van der Waals surface area contributed by atoms with Crippen LogP contribution in [-0.4, -0.2) is 42.6 Å². The summed E-state index contributed by atoms with van der Waals surface area (Å²) in [6.45, 7) is 4.31. The lowest BCUT2D eigenvalue weighted by atomic mass is 9.86. The lowest BCUT2D eigenvalue weighted by molar-refractivity contribution is 0.0943. The number of nitrogens with zero attached hydrogens (tertiary/aromatic N) is 3. The van der Waals surface area contributed by atoms with E-state index in [0.717, 1.165) is 37.1 Å². The molecule has 1 amide bonds. The standard InChI is InChI=1S/C22H30FN5O/c1-14-5-8-17(11-19(14)23)21(29)24-13-16-6-9-18(10-7-16)26-22-25-12-15(2)20(27-22)28(3)4/h5,8,11-12,16,18H,6-7,9-10,13H2,1-4H3,(H,24,29)(H,25,26,27). The van der Waals surface area contributed by atoms with E-state index in [-0.39, 0.29) is 11.7 Å². The maximum absolute atomic E-state index is 13.6. The van der Waals surface area contributed by atoms with Gasteiger partial charge in [-0.05, 0) is 63.1 Å². The number of nitrogens with one attached hydrogen (secondary N) is 2. The maximum atomic E-state index is 13.6. The summed E-state index contributed by atoms with van der Waals surface area (Å²) < 4.78 is 13.6. The number of hydrogen-bond acceptors (Lipinski definition) is 5. The Morgan fingerprint density at radius 1 is 1.17 bits per heavy atom. The quantitative estimate of drug-likeness (QED) is 0.775. The average molecular weight is 400 g/mol. The van der Waals surface area contributed by atoms with Gasteiger partial charge in [-0.2, -0.15) is 4.98 Å². The molecule has 3 rings (SSSR count). The third kappa shape index (κ3) is 5.43. The molecule has 1 aromatic heterocycles. The monoisotopic (exact) mass is 399 g/mol. The van der Waals surface area contributed by atoms with Crippen molar-refractivity contribution in [2.45, 2.75) is 45.6 Å². The Morgan fingerprint density at radius 2 is 1.90 bits per heavy atom. The number of anilines is 2. The van der Waals surface area contributed by atoms with Crippen LogP contribution in [0.4, 0.5) is 16.2 Å². The zero-order chi connectivity index (χ0) is 21.0. The van der Waals surface area contributed by atoms with Gasteiger partial charge in [0.15, 0.2) is 0 Å². The summed E-state index contributed by atoms with van der Waals surface area (Å²) in [7, 11) is 3.95. The summed E-state index contributed by atoms with van der Waals surface area (Å²) in [4.78, 5) is 23.3. The minimum Gasteiger partial charge on any atom is -0.362 e. The van der Waals surface area contributed by atoms with Gasteiger partial charge in [0, 0.05) is 44.0 Å². The molecule has 1 heterocycles. The largest absolute Gasteiger partial charge is 0.362 e. The van der Waals surface area contributed by atoms with Crippen LogP contribution in [0.3, 0.4) is 0 Å². The summed E-state index contributed by atoms with van der Waals surface area (Å²) in [6, 6.07) is 4.94. The summed E-state index contributed by atoms with van der Waals surface area (Å²) in [5.74, 6) is 1.46. The van der Waals surface area contributed by atoms with E-state index in [4.69, 9.17) is 0 Å². The fourth-order valence-electron chi connectivity index (χ4n) is 3.72. The van der Waals surface area contributed by atoms with Crippen molar-refractivity contribution >= 4 is 17.7 Å². The molecule has 0 spiro atoms. The fraction of sp³-hybridized carbons (Fsp3) is 0.500. The molecule has 0 unspecified atom stereocenters. The van der Waals surface area contributed by atoms with E-state index in [1.807, 2.05) is 32.1 Å². The molecule has 1 fully saturated rings. The topological polar surface area (TPSA) is 70.2 Å². The first-order valence-electron chi connectivity index (χ1n) is 10.2. The van der Waals surface area contributed by atoms with Gasteiger partial charge in [-0.1, -0.05) is 6.07 Å². The van der Waals surface area contributed by atoms with Crippen molar-refractivity contribution in [2.75, 3.05) is 30.9 Å². The molecule has 0 saturated heterocycles. The second-order valence-electron chi connectivity index (χ2n) is 8.13. The van der Waals surface area contributed by atoms with E-state index in [2.05, 4.69) is 20.6 Å². The lowest BCUT2D eigenvalue weighted by Gasteiger charge is -2.29. The first-order valence-corrected chi connectivity index (χ1v) is 10.2. The molecular weight excluding hydrogens is 369 g/mol. The number of carbonyl (C=O) groups is 1. The Kier molecular flexibility index (Phi) is 6.67. The first kappa shape index (κ1) is 21.0. The second kappa shape index (κ2) is 9.20. The van der Waals surface area contributed by atoms with Crippen LogP contribution in [-0.2, 0) is 0 Å². The van der Waals surface area contributed by atoms with Crippen molar-refractivity contribution in [3.05, 3.63) is 46.9 Å². The number of amides is 1. The van der Waals surface area contributed by atoms with Gasteiger partial charge in [0.05, 0.1) is 0 Å². The number of aromatic nitrogens is 2. The van der Waals surface area contributed by atoms with Crippen LogP contribution in [0, 0.1) is 25.6 Å². The summed E-state index contributed by atoms with van der Waals surface area (Å²) in [5, 5.41) is 6.40. The van der Waals surface area contributed by atoms with Gasteiger partial charge in [-0.15, -0.1) is 0 Å². The van der Waals surface area contributed by atoms with Crippen LogP contribution in [0.15, 0.2) is 24.4 Å². The molecule has 2 N–H and O–H groups in total. The molecule has 0 atom stereocenters. The average Bonchev–Trinajstić information content (AvgIpc) is 2.70. The van der Waals surface area contributed by atoms with Crippen molar-refractivity contribution in [1.29, 1.82) is 0 Å². The summed E-state index contributed by atoms with van der Waals surface area (Å²) in [5.41, 5.74) is 1.97. The highest BCUT2D eigenvalue weighted by Crippen LogP contribution is 2.26. The normalized spacial score (nSPS) is 18.9. The van der Waals surface area contributed by atoms with E-state index >= 15 is 0 Å². The van der Waals surface area contributed by atoms with Crippen LogP contribution in [0.5, 0.6) is 0 Å². The first-order chi connectivity index (χ1) is 13.8. The second-order valence-corrected chi connectivity index (χ2v) is 8.13. The number of aryl methyl sites for hydroxylation is 2. The molecule has 0 bridgehead atoms. The number of halogens is 1. The minimum atomic E-state index is -0.347. The Balaban J connectivity index is 1.46. The van der Waals surface area contributed by atoms with Crippen LogP contribution < -0.4 is 15.5 Å². The van der Waals surface area contributed by atoms with Crippen LogP contribution in [0.2, 0.25) is 0 Å². The van der Waals surface area contributed by atoms with Gasteiger partial charge in [0.2, 0.25) is 5.95 Å². The van der Waals surface area contributed by atoms with Crippen molar-refractivity contribution in [3.63, 3.8) is 0 Å². The van der Waals surface area contributed by atoms with E-state index in [9.17, 15) is 9.18 Å². The molecule has 7 heteroatoms. The Labute approximate surface area is 171 Å². The number of carbonyl (C=O) groups excluding carboxylic acids is 1. The Hall–Kier alpha value is -2.70. The minimum absolute atomic E-state index is 0.214. The molecule has 29 heavy (non-hydrogen) atoms. The molecule has 1 aliphatic carbocycles. The Bertz CT molecular complexity index is 862. The maximum Gasteiger partial charge on any atom is 0.251 e. The molecule has 1 saturated carbocycles. The highest BCUT2D eigenvalue weighted by molar-refractivity contribution is 5.94. The molecule has 0 aliphatic heterocycles. The molecule has 156 valence electrons. The highest BCUT2D eigenvalue weighted by Gasteiger charge is 2.22. The van der Waals surface area contributed by atoms with Gasteiger partial charge in [-0.3, -0.25) is 4.79 Å². The van der Waals surface area contributed by atoms with Crippen molar-refractivity contribution in [2.24, 2.45) is 5.92 Å². The Morgan fingerprint density at radius 3 is 2.55 bits per heavy atom. The third-order valence-corrected chi connectivity index (χ3v) is 5.53. The molecule has 0 radical (unpaired) electrons. The third-order valence-electron chi connectivity index (χ3n) is 5.53. The smallest absolute Gasteiger partial charge is 0.251 e. The predicted octanol–water partition coefficient (Wildman–Crippen LogP) is 3.70. The number of benzene rings is 1. The van der Waals surface area contributed by atoms with Gasteiger partial charge in [-0.25, -0.2) is 9.37 Å². The fourth-order valence-corrected chi connectivity index (χ4v) is 3.72. The number of rotatable bonds is 6. The van der Waals surface area contributed by atoms with Gasteiger partial charge < -0.3 is 15.5 Å². The molecule has 2 aromatic rings. The molecule has 1 aliphatic rings. The molecule has 1 aromatic carbocycles. The SMILES string of the molecule is Cc1ccc(C(=O)NCC2CCC(Nc3ncc(C)c(N(C)C)n3)CC2)cc1F. The summed E-state index contributed by atoms with van der Waals surface area (Å²) in [6.07, 6.45) is 5.90. The van der Waals surface area contributed by atoms with Crippen molar-refractivity contribution in [3.8, 4) is 0 Å². The lowest BCUT2D eigenvalue weighted by Crippen LogP contribution is -2.34. The molecule has 6 nitrogen and oxygen atoms in total. The highest BCUT2D eigenvalue weighted by atomic mass is 19.1. The van der Waals surface area contributed by atoms with Crippen molar-refractivity contribution in [1.82, 2.24) is 15.3 Å². The van der Waals surface area contributed by atoms with Gasteiger partial charge in [0.25, 0.3) is 5.91 Å². The van der Waals surface area contributed by atoms with E-state index in [1.165, 1.54) is 6.07 Å². The van der Waals surface area contributed by atoms with Crippen LogP contribution in [0.1, 0.15) is 47.2 Å². The van der Waals surface area contributed by atoms with E-state index < -0.39 is 0 Å². The van der Waals surface area contributed by atoms with Gasteiger partial charge >= 0.3 is 0 Å². The summed E-state index contributed by atoms with van der Waals surface area (Å²) >= 11 is 0. The van der Waals surface area contributed by atoms with E-state index in [1.54, 1.807) is 19.1 Å². The van der Waals surface area contributed by atoms with E-state index in [0.29, 0.717) is 35.6 Å². The zero-order valence-corrected chi connectivity index (χ0v) is 17.6. The van der Waals surface area contributed by atoms with Crippen molar-refractivity contribution < 1.29 is 9.18 Å². The van der Waals surface area contributed by atoms with Gasteiger partial charge in [0.1, 0.15) is 11.6 Å². The van der Waals surface area contributed by atoms with Crippen LogP contribution >= 0.6 is 0 Å². The zero-order valence-electron chi connectivity index (χ0n) is 17.6. The predicted molar refractivity (Wildman–Crippen MR) is 114 cm³/mol.